The Bertz CT molecular complexity index is 53.0. The van der Waals surface area contributed by atoms with Crippen molar-refractivity contribution in [2.45, 2.75) is 12.8 Å². The molecule has 0 aromatic carbocycles. The van der Waals surface area contributed by atoms with Crippen molar-refractivity contribution in [3.05, 3.63) is 12.6 Å². The topological polar surface area (TPSA) is 36.7 Å². The number of likely N-dealkylation sites (tertiary alicyclic amines) is 1. The van der Waals surface area contributed by atoms with Crippen molar-refractivity contribution in [1.82, 2.24) is 4.90 Å². The van der Waals surface area contributed by atoms with Crippen LogP contribution >= 0.6 is 0 Å². The molecule has 1 saturated heterocycles. The summed E-state index contributed by atoms with van der Waals surface area (Å²) in [5.41, 5.74) is 0. The largest absolute Gasteiger partial charge is 0.693 e. The van der Waals surface area contributed by atoms with Gasteiger partial charge in [0.25, 0.3) is 0 Å². The number of hydrogen-bond acceptors (Lipinski definition) is 1. The van der Waals surface area contributed by atoms with Crippen molar-refractivity contribution in [2.24, 2.45) is 0 Å². The molecule has 0 atom stereocenters. The Hall–Kier alpha value is 1.02. The summed E-state index contributed by atoms with van der Waals surface area (Å²) in [6.07, 6.45) is 4.94. The summed E-state index contributed by atoms with van der Waals surface area (Å²) in [5.74, 6) is 0. The predicted molar refractivity (Wildman–Crippen MR) is 36.3 cm³/mol. The van der Waals surface area contributed by atoms with E-state index < -0.39 is 0 Å². The molecule has 0 spiro atoms. The average molecular weight is 203 g/mol. The van der Waals surface area contributed by atoms with Crippen LogP contribution in [0, 0.1) is 6.42 Å². The molecule has 0 aromatic rings. The molecule has 0 bridgehead atoms. The Morgan fingerprint density at radius 3 is 1.89 bits per heavy atom. The van der Waals surface area contributed by atoms with Gasteiger partial charge in [-0.05, 0) is 20.1 Å². The molecule has 0 unspecified atom stereocenters. The molecule has 2 N–H and O–H groups in total. The van der Waals surface area contributed by atoms with E-state index >= 15 is 0 Å². The van der Waals surface area contributed by atoms with Crippen LogP contribution in [0.4, 0.5) is 0 Å². The summed E-state index contributed by atoms with van der Waals surface area (Å²) >= 11 is 0. The quantitative estimate of drug-likeness (QED) is 0.551. The van der Waals surface area contributed by atoms with Crippen molar-refractivity contribution < 1.29 is 32.7 Å². The van der Waals surface area contributed by atoms with E-state index in [0.717, 1.165) is 0 Å². The second kappa shape index (κ2) is 7.13. The Morgan fingerprint density at radius 1 is 1.22 bits per heavy atom. The van der Waals surface area contributed by atoms with E-state index in [2.05, 4.69) is 18.4 Å². The van der Waals surface area contributed by atoms with Crippen LogP contribution in [-0.4, -0.2) is 25.0 Å². The molecule has 0 aromatic heterocycles. The van der Waals surface area contributed by atoms with Crippen molar-refractivity contribution in [3.8, 4) is 0 Å². The fourth-order valence-corrected chi connectivity index (χ4v) is 0.879. The number of nitrogens with zero attached hydrogens (tertiary/aromatic N) is 1. The van der Waals surface area contributed by atoms with Gasteiger partial charge < -0.3 is 17.5 Å². The van der Waals surface area contributed by atoms with Crippen molar-refractivity contribution in [3.63, 3.8) is 0 Å². The van der Waals surface area contributed by atoms with Crippen molar-refractivity contribution >= 4 is 0 Å². The van der Waals surface area contributed by atoms with E-state index in [1.165, 1.54) is 25.9 Å². The first-order valence-corrected chi connectivity index (χ1v) is 2.90. The zero-order valence-corrected chi connectivity index (χ0v) is 8.85. The minimum Gasteiger partial charge on any atom is -0.693 e. The van der Waals surface area contributed by atoms with Gasteiger partial charge in [0.15, 0.2) is 0 Å². The van der Waals surface area contributed by atoms with Gasteiger partial charge in [0.2, 0.25) is 0 Å². The average Bonchev–Trinajstić information content (AvgIpc) is 1.69. The van der Waals surface area contributed by atoms with Gasteiger partial charge >= 0.3 is 0 Å². The molecule has 0 amide bonds. The van der Waals surface area contributed by atoms with E-state index in [1.54, 1.807) is 0 Å². The molecular formula is C6H14N2Y-2. The van der Waals surface area contributed by atoms with Crippen LogP contribution in [0.5, 0.6) is 0 Å². The zero-order valence-electron chi connectivity index (χ0n) is 6.01. The van der Waals surface area contributed by atoms with Crippen LogP contribution < -0.4 is 0 Å². The van der Waals surface area contributed by atoms with Crippen molar-refractivity contribution in [2.75, 3.05) is 20.1 Å². The summed E-state index contributed by atoms with van der Waals surface area (Å²) < 4.78 is 0. The molecule has 1 rings (SSSR count). The number of piperidine rings is 1. The number of rotatable bonds is 0. The maximum atomic E-state index is 2.36. The van der Waals surface area contributed by atoms with Gasteiger partial charge in [-0.1, -0.05) is 0 Å². The molecule has 9 heavy (non-hydrogen) atoms. The third-order valence-electron chi connectivity index (χ3n) is 1.43. The molecule has 1 heterocycles. The summed E-state index contributed by atoms with van der Waals surface area (Å²) in [6, 6.07) is 0. The van der Waals surface area contributed by atoms with Gasteiger partial charge in [0.1, 0.15) is 0 Å². The first-order chi connectivity index (χ1) is 3.39. The molecule has 2 nitrogen and oxygen atoms in total. The van der Waals surface area contributed by atoms with Gasteiger partial charge in [0.05, 0.1) is 0 Å². The Balaban J connectivity index is 0. The SMILES string of the molecule is CN1CC[CH-]CC1.[NH2-].[Y]. The van der Waals surface area contributed by atoms with Crippen LogP contribution in [0.1, 0.15) is 12.8 Å². The smallest absolute Gasteiger partial charge is 0 e. The van der Waals surface area contributed by atoms with E-state index in [9.17, 15) is 0 Å². The maximum absolute atomic E-state index is 2.36. The molecule has 1 aliphatic heterocycles. The van der Waals surface area contributed by atoms with Gasteiger partial charge in [-0.2, -0.15) is 12.8 Å². The Morgan fingerprint density at radius 2 is 1.67 bits per heavy atom. The van der Waals surface area contributed by atoms with Crippen LogP contribution in [0.25, 0.3) is 6.15 Å². The summed E-state index contributed by atoms with van der Waals surface area (Å²) in [6.45, 7) is 2.53. The summed E-state index contributed by atoms with van der Waals surface area (Å²) in [7, 11) is 2.17. The zero-order chi connectivity index (χ0) is 5.11. The van der Waals surface area contributed by atoms with E-state index in [1.807, 2.05) is 0 Å². The van der Waals surface area contributed by atoms with E-state index in [0.29, 0.717) is 0 Å². The van der Waals surface area contributed by atoms with Gasteiger partial charge in [0, 0.05) is 32.7 Å². The van der Waals surface area contributed by atoms with Gasteiger partial charge in [-0.3, -0.25) is 0 Å². The van der Waals surface area contributed by atoms with Gasteiger partial charge in [-0.25, -0.2) is 0 Å². The third kappa shape index (κ3) is 5.47. The molecule has 0 aliphatic carbocycles. The Labute approximate surface area is 82.8 Å². The first kappa shape index (κ1) is 12.7. The number of hydrogen-bond donors (Lipinski definition) is 0. The maximum Gasteiger partial charge on any atom is 0 e. The minimum atomic E-state index is 0. The van der Waals surface area contributed by atoms with Crippen molar-refractivity contribution in [1.29, 1.82) is 0 Å². The fourth-order valence-electron chi connectivity index (χ4n) is 0.879. The van der Waals surface area contributed by atoms with Gasteiger partial charge in [-0.15, -0.1) is 0 Å². The minimum absolute atomic E-state index is 0. The summed E-state index contributed by atoms with van der Waals surface area (Å²) in [5, 5.41) is 0. The first-order valence-electron chi connectivity index (χ1n) is 2.90. The second-order valence-corrected chi connectivity index (χ2v) is 2.17. The normalized spacial score (nSPS) is 19.7. The second-order valence-electron chi connectivity index (χ2n) is 2.17. The van der Waals surface area contributed by atoms with Crippen LogP contribution in [-0.2, 0) is 32.7 Å². The van der Waals surface area contributed by atoms with E-state index in [-0.39, 0.29) is 38.9 Å². The monoisotopic (exact) mass is 203 g/mol. The fraction of sp³-hybridized carbons (Fsp3) is 0.833. The molecule has 53 valence electrons. The molecule has 1 radical (unpaired) electrons. The molecular weight excluding hydrogens is 189 g/mol. The number of nitrogens with two attached hydrogens (primary N) is 1. The van der Waals surface area contributed by atoms with Crippen LogP contribution in [0.3, 0.4) is 0 Å². The molecule has 0 saturated carbocycles. The summed E-state index contributed by atoms with van der Waals surface area (Å²) in [4.78, 5) is 2.36. The standard InChI is InChI=1S/C6H12N.H2N.Y/c1-7-5-3-2-4-6-7;;/h2H,3-6H2,1H3;1H2;/q2*-1;. The third-order valence-corrected chi connectivity index (χ3v) is 1.43. The molecule has 1 aliphatic rings. The predicted octanol–water partition coefficient (Wildman–Crippen LogP) is 1.63. The molecule has 3 heteroatoms. The Kier molecular flexibility index (Phi) is 10.1. The van der Waals surface area contributed by atoms with Crippen LogP contribution in [0.2, 0.25) is 0 Å². The molecule has 1 fully saturated rings. The van der Waals surface area contributed by atoms with Crippen LogP contribution in [0.15, 0.2) is 0 Å². The van der Waals surface area contributed by atoms with E-state index in [4.69, 9.17) is 0 Å².